The first-order chi connectivity index (χ1) is 8.34. The lowest BCUT2D eigenvalue weighted by Crippen LogP contribution is -2.39. The van der Waals surface area contributed by atoms with Gasteiger partial charge < -0.3 is 10.2 Å². The van der Waals surface area contributed by atoms with E-state index in [2.05, 4.69) is 23.5 Å². The Morgan fingerprint density at radius 3 is 3.00 bits per heavy atom. The number of hydrogen-bond donors (Lipinski definition) is 1. The fourth-order valence-electron chi connectivity index (χ4n) is 2.83. The second-order valence-electron chi connectivity index (χ2n) is 4.99. The second kappa shape index (κ2) is 4.49. The largest absolute Gasteiger partial charge is 0.316 e. The molecule has 3 heteroatoms. The first-order valence-electron chi connectivity index (χ1n) is 6.43. The Morgan fingerprint density at radius 1 is 1.29 bits per heavy atom. The molecule has 1 unspecified atom stereocenters. The summed E-state index contributed by atoms with van der Waals surface area (Å²) >= 11 is 0. The number of carbonyl (C=O) groups excluding carboxylic acids is 1. The molecule has 1 amide bonds. The van der Waals surface area contributed by atoms with E-state index >= 15 is 0 Å². The number of aryl methyl sites for hydroxylation is 1. The minimum atomic E-state index is 0.288. The molecule has 2 aliphatic heterocycles. The van der Waals surface area contributed by atoms with E-state index in [1.807, 2.05) is 11.0 Å². The number of carbonyl (C=O) groups is 1. The van der Waals surface area contributed by atoms with Gasteiger partial charge in [-0.3, -0.25) is 4.79 Å². The molecule has 2 aliphatic rings. The first-order valence-corrected chi connectivity index (χ1v) is 6.43. The van der Waals surface area contributed by atoms with Crippen molar-refractivity contribution in [2.24, 2.45) is 5.92 Å². The van der Waals surface area contributed by atoms with Crippen LogP contribution in [-0.2, 0) is 11.2 Å². The van der Waals surface area contributed by atoms with Crippen molar-refractivity contribution in [2.75, 3.05) is 24.5 Å². The molecule has 0 bridgehead atoms. The molecule has 0 radical (unpaired) electrons. The molecular weight excluding hydrogens is 212 g/mol. The SMILES string of the molecule is O=C1CCc2ccccc2N1CC1CCNC1. The highest BCUT2D eigenvalue weighted by Crippen LogP contribution is 2.28. The predicted octanol–water partition coefficient (Wildman–Crippen LogP) is 1.58. The average molecular weight is 230 g/mol. The normalized spacial score (nSPS) is 23.9. The lowest BCUT2D eigenvalue weighted by Gasteiger charge is -2.31. The van der Waals surface area contributed by atoms with Gasteiger partial charge in [-0.1, -0.05) is 18.2 Å². The third-order valence-corrected chi connectivity index (χ3v) is 3.79. The maximum Gasteiger partial charge on any atom is 0.227 e. The van der Waals surface area contributed by atoms with E-state index < -0.39 is 0 Å². The molecule has 1 atom stereocenters. The Hall–Kier alpha value is -1.35. The van der Waals surface area contributed by atoms with Gasteiger partial charge in [0.2, 0.25) is 5.91 Å². The van der Waals surface area contributed by atoms with E-state index in [0.29, 0.717) is 12.3 Å². The number of fused-ring (bicyclic) bond motifs is 1. The fourth-order valence-corrected chi connectivity index (χ4v) is 2.83. The van der Waals surface area contributed by atoms with Gasteiger partial charge in [-0.05, 0) is 43.5 Å². The van der Waals surface area contributed by atoms with E-state index in [4.69, 9.17) is 0 Å². The van der Waals surface area contributed by atoms with Crippen molar-refractivity contribution in [1.29, 1.82) is 0 Å². The summed E-state index contributed by atoms with van der Waals surface area (Å²) in [6.45, 7) is 3.02. The van der Waals surface area contributed by atoms with Crippen LogP contribution >= 0.6 is 0 Å². The molecule has 2 heterocycles. The molecule has 0 aliphatic carbocycles. The highest BCUT2D eigenvalue weighted by Gasteiger charge is 2.27. The average Bonchev–Trinajstić information content (AvgIpc) is 2.86. The summed E-state index contributed by atoms with van der Waals surface area (Å²) in [7, 11) is 0. The zero-order valence-corrected chi connectivity index (χ0v) is 9.98. The molecule has 1 aromatic rings. The molecule has 3 rings (SSSR count). The number of nitrogens with one attached hydrogen (secondary N) is 1. The number of rotatable bonds is 2. The Bertz CT molecular complexity index is 424. The summed E-state index contributed by atoms with van der Waals surface area (Å²) in [6, 6.07) is 8.30. The molecule has 1 saturated heterocycles. The lowest BCUT2D eigenvalue weighted by atomic mass is 9.99. The molecule has 3 nitrogen and oxygen atoms in total. The molecule has 1 aromatic carbocycles. The predicted molar refractivity (Wildman–Crippen MR) is 68.1 cm³/mol. The zero-order valence-electron chi connectivity index (χ0n) is 9.98. The highest BCUT2D eigenvalue weighted by molar-refractivity contribution is 5.96. The summed E-state index contributed by atoms with van der Waals surface area (Å²) < 4.78 is 0. The van der Waals surface area contributed by atoms with Crippen molar-refractivity contribution in [2.45, 2.75) is 19.3 Å². The van der Waals surface area contributed by atoms with Crippen molar-refractivity contribution >= 4 is 11.6 Å². The van der Waals surface area contributed by atoms with Crippen LogP contribution in [0.1, 0.15) is 18.4 Å². The van der Waals surface area contributed by atoms with Gasteiger partial charge in [0, 0.05) is 18.7 Å². The van der Waals surface area contributed by atoms with Gasteiger partial charge in [-0.25, -0.2) is 0 Å². The van der Waals surface area contributed by atoms with Crippen LogP contribution in [0.15, 0.2) is 24.3 Å². The van der Waals surface area contributed by atoms with E-state index in [1.165, 1.54) is 12.0 Å². The van der Waals surface area contributed by atoms with E-state index in [1.54, 1.807) is 0 Å². The maximum absolute atomic E-state index is 12.1. The van der Waals surface area contributed by atoms with Crippen LogP contribution in [-0.4, -0.2) is 25.5 Å². The Balaban J connectivity index is 1.84. The van der Waals surface area contributed by atoms with Gasteiger partial charge in [-0.15, -0.1) is 0 Å². The molecule has 17 heavy (non-hydrogen) atoms. The molecule has 0 aromatic heterocycles. The molecule has 0 spiro atoms. The summed E-state index contributed by atoms with van der Waals surface area (Å²) in [5, 5.41) is 3.36. The smallest absolute Gasteiger partial charge is 0.227 e. The van der Waals surface area contributed by atoms with Crippen molar-refractivity contribution in [1.82, 2.24) is 5.32 Å². The van der Waals surface area contributed by atoms with Crippen LogP contribution in [0.5, 0.6) is 0 Å². The summed E-state index contributed by atoms with van der Waals surface area (Å²) in [4.78, 5) is 14.0. The van der Waals surface area contributed by atoms with Crippen molar-refractivity contribution in [3.8, 4) is 0 Å². The van der Waals surface area contributed by atoms with Crippen LogP contribution in [0.3, 0.4) is 0 Å². The van der Waals surface area contributed by atoms with E-state index in [9.17, 15) is 4.79 Å². The maximum atomic E-state index is 12.1. The van der Waals surface area contributed by atoms with Gasteiger partial charge in [-0.2, -0.15) is 0 Å². The van der Waals surface area contributed by atoms with Crippen LogP contribution < -0.4 is 10.2 Å². The summed E-state index contributed by atoms with van der Waals surface area (Å²) in [5.74, 6) is 0.903. The van der Waals surface area contributed by atoms with Crippen LogP contribution in [0.4, 0.5) is 5.69 Å². The molecule has 90 valence electrons. The molecule has 1 fully saturated rings. The second-order valence-corrected chi connectivity index (χ2v) is 4.99. The summed E-state index contributed by atoms with van der Waals surface area (Å²) in [5.41, 5.74) is 2.45. The van der Waals surface area contributed by atoms with E-state index in [0.717, 1.165) is 31.7 Å². The first kappa shape index (κ1) is 10.8. The third kappa shape index (κ3) is 2.07. The number of benzene rings is 1. The number of amides is 1. The zero-order chi connectivity index (χ0) is 11.7. The Kier molecular flexibility index (Phi) is 2.85. The third-order valence-electron chi connectivity index (χ3n) is 3.79. The minimum Gasteiger partial charge on any atom is -0.316 e. The van der Waals surface area contributed by atoms with Crippen molar-refractivity contribution in [3.05, 3.63) is 29.8 Å². The van der Waals surface area contributed by atoms with Crippen LogP contribution in [0.2, 0.25) is 0 Å². The Morgan fingerprint density at radius 2 is 2.18 bits per heavy atom. The number of nitrogens with zero attached hydrogens (tertiary/aromatic N) is 1. The van der Waals surface area contributed by atoms with Crippen molar-refractivity contribution < 1.29 is 4.79 Å². The lowest BCUT2D eigenvalue weighted by molar-refractivity contribution is -0.119. The molecule has 0 saturated carbocycles. The van der Waals surface area contributed by atoms with Crippen molar-refractivity contribution in [3.63, 3.8) is 0 Å². The molecular formula is C14H18N2O. The molecule has 1 N–H and O–H groups in total. The summed E-state index contributed by atoms with van der Waals surface area (Å²) in [6.07, 6.45) is 2.75. The fraction of sp³-hybridized carbons (Fsp3) is 0.500. The van der Waals surface area contributed by atoms with Gasteiger partial charge >= 0.3 is 0 Å². The van der Waals surface area contributed by atoms with Gasteiger partial charge in [0.25, 0.3) is 0 Å². The standard InChI is InChI=1S/C14H18N2O/c17-14-6-5-12-3-1-2-4-13(12)16(14)10-11-7-8-15-9-11/h1-4,11,15H,5-10H2. The minimum absolute atomic E-state index is 0.288. The van der Waals surface area contributed by atoms with E-state index in [-0.39, 0.29) is 5.91 Å². The topological polar surface area (TPSA) is 32.3 Å². The van der Waals surface area contributed by atoms with Gasteiger partial charge in [0.05, 0.1) is 0 Å². The van der Waals surface area contributed by atoms with Crippen LogP contribution in [0.25, 0.3) is 0 Å². The van der Waals surface area contributed by atoms with Gasteiger partial charge in [0.1, 0.15) is 0 Å². The number of para-hydroxylation sites is 1. The van der Waals surface area contributed by atoms with Crippen LogP contribution in [0, 0.1) is 5.92 Å². The quantitative estimate of drug-likeness (QED) is 0.836. The highest BCUT2D eigenvalue weighted by atomic mass is 16.2. The monoisotopic (exact) mass is 230 g/mol. The van der Waals surface area contributed by atoms with Gasteiger partial charge in [0.15, 0.2) is 0 Å². The Labute approximate surface area is 102 Å². The number of hydrogen-bond acceptors (Lipinski definition) is 2. The number of anilines is 1.